The summed E-state index contributed by atoms with van der Waals surface area (Å²) >= 11 is 1.65. The summed E-state index contributed by atoms with van der Waals surface area (Å²) in [6.07, 6.45) is 11.0. The van der Waals surface area contributed by atoms with E-state index < -0.39 is 0 Å². The van der Waals surface area contributed by atoms with Gasteiger partial charge in [0.25, 0.3) is 0 Å². The lowest BCUT2D eigenvalue weighted by molar-refractivity contribution is 0.450. The van der Waals surface area contributed by atoms with E-state index in [0.717, 1.165) is 36.8 Å². The van der Waals surface area contributed by atoms with Crippen molar-refractivity contribution in [3.05, 3.63) is 77.5 Å². The molecule has 1 aliphatic carbocycles. The smallest absolute Gasteiger partial charge is 0.193 e. The zero-order valence-corrected chi connectivity index (χ0v) is 15.6. The summed E-state index contributed by atoms with van der Waals surface area (Å²) < 4.78 is 4.14. The number of pyridine rings is 1. The highest BCUT2D eigenvalue weighted by molar-refractivity contribution is 7.12. The number of hydrogen-bond donors (Lipinski definition) is 1. The van der Waals surface area contributed by atoms with Gasteiger partial charge in [0, 0.05) is 47.8 Å². The second kappa shape index (κ2) is 7.09. The first-order valence-electron chi connectivity index (χ1n) is 9.18. The van der Waals surface area contributed by atoms with E-state index >= 15 is 0 Å². The number of rotatable bonds is 5. The van der Waals surface area contributed by atoms with E-state index in [4.69, 9.17) is 0 Å². The van der Waals surface area contributed by atoms with Crippen LogP contribution in [0.3, 0.4) is 0 Å². The maximum Gasteiger partial charge on any atom is 0.193 e. The molecule has 7 heteroatoms. The molecule has 0 aromatic carbocycles. The third-order valence-corrected chi connectivity index (χ3v) is 5.81. The molecule has 4 aromatic heterocycles. The predicted octanol–water partition coefficient (Wildman–Crippen LogP) is 3.68. The van der Waals surface area contributed by atoms with Gasteiger partial charge in [-0.25, -0.2) is 14.6 Å². The molecule has 0 saturated carbocycles. The molecule has 0 saturated heterocycles. The Kier molecular flexibility index (Phi) is 4.31. The van der Waals surface area contributed by atoms with Crippen molar-refractivity contribution in [3.63, 3.8) is 0 Å². The average Bonchev–Trinajstić information content (AvgIpc) is 3.46. The second-order valence-corrected chi connectivity index (χ2v) is 7.53. The Bertz CT molecular complexity index is 1020. The molecule has 0 bridgehead atoms. The number of nitrogens with zero attached hydrogens (tertiary/aromatic N) is 5. The lowest BCUT2D eigenvalue weighted by atomic mass is 9.93. The van der Waals surface area contributed by atoms with Gasteiger partial charge in [-0.05, 0) is 43.5 Å². The minimum atomic E-state index is 0.311. The molecule has 1 unspecified atom stereocenters. The third kappa shape index (κ3) is 3.09. The molecule has 0 amide bonds. The van der Waals surface area contributed by atoms with Gasteiger partial charge < -0.3 is 5.32 Å². The quantitative estimate of drug-likeness (QED) is 0.577. The number of nitrogens with one attached hydrogen (secondary N) is 1. The first-order valence-corrected chi connectivity index (χ1v) is 10.1. The Morgan fingerprint density at radius 3 is 3.00 bits per heavy atom. The highest BCUT2D eigenvalue weighted by Crippen LogP contribution is 2.31. The Morgan fingerprint density at radius 1 is 1.15 bits per heavy atom. The van der Waals surface area contributed by atoms with Crippen LogP contribution in [0.15, 0.2) is 60.5 Å². The van der Waals surface area contributed by atoms with Gasteiger partial charge in [-0.3, -0.25) is 4.57 Å². The SMILES string of the molecule is c1ccc(-n2ncc3c2CCCC3NCc2cccn2-c2nccs2)nc1. The van der Waals surface area contributed by atoms with Crippen LogP contribution >= 0.6 is 11.3 Å². The van der Waals surface area contributed by atoms with Gasteiger partial charge in [-0.2, -0.15) is 5.10 Å². The third-order valence-electron chi connectivity index (χ3n) is 5.04. The van der Waals surface area contributed by atoms with Crippen LogP contribution in [-0.4, -0.2) is 24.3 Å². The van der Waals surface area contributed by atoms with Crippen LogP contribution in [0, 0.1) is 0 Å². The average molecular weight is 376 g/mol. The topological polar surface area (TPSA) is 60.6 Å². The predicted molar refractivity (Wildman–Crippen MR) is 105 cm³/mol. The van der Waals surface area contributed by atoms with Crippen LogP contribution in [0.4, 0.5) is 0 Å². The highest BCUT2D eigenvalue weighted by Gasteiger charge is 2.25. The molecule has 0 radical (unpaired) electrons. The zero-order valence-electron chi connectivity index (χ0n) is 14.8. The van der Waals surface area contributed by atoms with Crippen LogP contribution in [0.25, 0.3) is 10.9 Å². The van der Waals surface area contributed by atoms with Crippen molar-refractivity contribution in [2.24, 2.45) is 0 Å². The molecule has 4 aromatic rings. The van der Waals surface area contributed by atoms with E-state index in [9.17, 15) is 0 Å². The van der Waals surface area contributed by atoms with Crippen LogP contribution < -0.4 is 5.32 Å². The van der Waals surface area contributed by atoms with Gasteiger partial charge in [0.2, 0.25) is 0 Å². The van der Waals surface area contributed by atoms with Gasteiger partial charge in [0.1, 0.15) is 0 Å². The molecule has 0 fully saturated rings. The number of hydrogen-bond acceptors (Lipinski definition) is 5. The molecular weight excluding hydrogens is 356 g/mol. The van der Waals surface area contributed by atoms with Crippen molar-refractivity contribution in [1.82, 2.24) is 29.6 Å². The van der Waals surface area contributed by atoms with Crippen LogP contribution in [0.2, 0.25) is 0 Å². The summed E-state index contributed by atoms with van der Waals surface area (Å²) in [7, 11) is 0. The molecule has 1 aliphatic rings. The van der Waals surface area contributed by atoms with E-state index in [1.807, 2.05) is 46.9 Å². The number of thiazole rings is 1. The first-order chi connectivity index (χ1) is 13.4. The van der Waals surface area contributed by atoms with Gasteiger partial charge >= 0.3 is 0 Å². The Labute approximate surface area is 161 Å². The van der Waals surface area contributed by atoms with Crippen molar-refractivity contribution in [3.8, 4) is 10.9 Å². The van der Waals surface area contributed by atoms with Crippen molar-refractivity contribution >= 4 is 11.3 Å². The van der Waals surface area contributed by atoms with E-state index in [0.29, 0.717) is 6.04 Å². The van der Waals surface area contributed by atoms with Crippen molar-refractivity contribution in [1.29, 1.82) is 0 Å². The lowest BCUT2D eigenvalue weighted by Gasteiger charge is -2.24. The van der Waals surface area contributed by atoms with Crippen LogP contribution in [0.1, 0.15) is 35.8 Å². The summed E-state index contributed by atoms with van der Waals surface area (Å²) in [6, 6.07) is 10.5. The summed E-state index contributed by atoms with van der Waals surface area (Å²) in [5, 5.41) is 11.4. The van der Waals surface area contributed by atoms with Crippen LogP contribution in [0.5, 0.6) is 0 Å². The first kappa shape index (κ1) is 16.4. The minimum absolute atomic E-state index is 0.311. The molecule has 6 nitrogen and oxygen atoms in total. The van der Waals surface area contributed by atoms with Crippen molar-refractivity contribution in [2.75, 3.05) is 0 Å². The number of aromatic nitrogens is 5. The Balaban J connectivity index is 1.37. The van der Waals surface area contributed by atoms with E-state index in [2.05, 4.69) is 43.3 Å². The van der Waals surface area contributed by atoms with Gasteiger partial charge in [0.05, 0.1) is 11.9 Å². The normalized spacial score (nSPS) is 16.4. The molecule has 0 spiro atoms. The van der Waals surface area contributed by atoms with Crippen molar-refractivity contribution in [2.45, 2.75) is 31.8 Å². The molecule has 5 rings (SSSR count). The summed E-state index contributed by atoms with van der Waals surface area (Å²) in [5.41, 5.74) is 3.78. The maximum absolute atomic E-state index is 4.62. The number of fused-ring (bicyclic) bond motifs is 1. The largest absolute Gasteiger partial charge is 0.304 e. The van der Waals surface area contributed by atoms with E-state index in [-0.39, 0.29) is 0 Å². The van der Waals surface area contributed by atoms with Crippen LogP contribution in [-0.2, 0) is 13.0 Å². The summed E-state index contributed by atoms with van der Waals surface area (Å²) in [4.78, 5) is 8.87. The van der Waals surface area contributed by atoms with E-state index in [1.54, 1.807) is 11.3 Å². The second-order valence-electron chi connectivity index (χ2n) is 6.66. The van der Waals surface area contributed by atoms with Gasteiger partial charge in [0.15, 0.2) is 10.9 Å². The molecule has 1 N–H and O–H groups in total. The fourth-order valence-corrected chi connectivity index (χ4v) is 4.41. The minimum Gasteiger partial charge on any atom is -0.304 e. The molecule has 0 aliphatic heterocycles. The fourth-order valence-electron chi connectivity index (χ4n) is 3.75. The Morgan fingerprint density at radius 2 is 2.15 bits per heavy atom. The summed E-state index contributed by atoms with van der Waals surface area (Å²) in [6.45, 7) is 0.797. The monoisotopic (exact) mass is 376 g/mol. The van der Waals surface area contributed by atoms with Crippen molar-refractivity contribution < 1.29 is 0 Å². The van der Waals surface area contributed by atoms with Gasteiger partial charge in [-0.15, -0.1) is 11.3 Å². The molecule has 4 heterocycles. The standard InChI is InChI=1S/C20H20N6S/c1-2-9-21-19(8-1)26-18-7-3-6-17(16(18)14-24-26)23-13-15-5-4-11-25(15)20-22-10-12-27-20/h1-2,4-5,8-12,14,17,23H,3,6-7,13H2. The molecular formula is C20H20N6S. The van der Waals surface area contributed by atoms with E-state index in [1.165, 1.54) is 17.0 Å². The molecule has 1 atom stereocenters. The lowest BCUT2D eigenvalue weighted by Crippen LogP contribution is -2.26. The highest BCUT2D eigenvalue weighted by atomic mass is 32.1. The molecule has 136 valence electrons. The summed E-state index contributed by atoms with van der Waals surface area (Å²) in [5.74, 6) is 0.886. The zero-order chi connectivity index (χ0) is 18.1. The molecule has 27 heavy (non-hydrogen) atoms. The van der Waals surface area contributed by atoms with Gasteiger partial charge in [-0.1, -0.05) is 6.07 Å². The maximum atomic E-state index is 4.62. The Hall–Kier alpha value is -2.77. The fraction of sp³-hybridized carbons (Fsp3) is 0.250.